The summed E-state index contributed by atoms with van der Waals surface area (Å²) >= 11 is 0. The molecule has 1 aliphatic heterocycles. The van der Waals surface area contributed by atoms with Crippen molar-refractivity contribution >= 4 is 5.91 Å². The van der Waals surface area contributed by atoms with Crippen molar-refractivity contribution < 1.29 is 14.3 Å². The van der Waals surface area contributed by atoms with E-state index in [0.717, 1.165) is 49.8 Å². The minimum atomic E-state index is -0.611. The lowest BCUT2D eigenvalue weighted by Crippen LogP contribution is -2.44. The molecule has 0 unspecified atom stereocenters. The third kappa shape index (κ3) is 5.19. The van der Waals surface area contributed by atoms with Crippen LogP contribution in [0, 0.1) is 6.92 Å². The summed E-state index contributed by atoms with van der Waals surface area (Å²) in [5.41, 5.74) is 2.83. The molecule has 0 N–H and O–H groups in total. The van der Waals surface area contributed by atoms with Crippen LogP contribution in [0.4, 0.5) is 0 Å². The Labute approximate surface area is 166 Å². The van der Waals surface area contributed by atoms with E-state index in [4.69, 9.17) is 9.47 Å². The number of carbonyl (C=O) groups is 1. The normalized spacial score (nSPS) is 16.1. The molecule has 1 fully saturated rings. The zero-order valence-electron chi connectivity index (χ0n) is 17.0. The van der Waals surface area contributed by atoms with E-state index in [1.807, 2.05) is 60.0 Å². The van der Waals surface area contributed by atoms with Crippen LogP contribution in [0.3, 0.4) is 0 Å². The summed E-state index contributed by atoms with van der Waals surface area (Å²) in [6, 6.07) is 11.7. The van der Waals surface area contributed by atoms with Gasteiger partial charge < -0.3 is 14.4 Å². The molecule has 2 heterocycles. The molecule has 0 spiro atoms. The molecule has 0 saturated carbocycles. The Balaban J connectivity index is 1.76. The number of benzene rings is 1. The summed E-state index contributed by atoms with van der Waals surface area (Å²) in [5.74, 6) is -0.0270. The van der Waals surface area contributed by atoms with Crippen LogP contribution in [0.1, 0.15) is 23.1 Å². The van der Waals surface area contributed by atoms with Crippen LogP contribution in [0.2, 0.25) is 0 Å². The van der Waals surface area contributed by atoms with Gasteiger partial charge in [0.15, 0.2) is 6.10 Å². The Hall–Kier alpha value is -2.22. The number of aryl methyl sites for hydroxylation is 2. The second-order valence-corrected chi connectivity index (χ2v) is 7.14. The lowest BCUT2D eigenvalue weighted by Gasteiger charge is -2.31. The van der Waals surface area contributed by atoms with Gasteiger partial charge in [-0.15, -0.1) is 0 Å². The maximum atomic E-state index is 13.4. The van der Waals surface area contributed by atoms with Crippen molar-refractivity contribution in [2.45, 2.75) is 19.6 Å². The smallest absolute Gasteiger partial charge is 0.256 e. The average molecular weight is 386 g/mol. The lowest BCUT2D eigenvalue weighted by molar-refractivity contribution is -0.143. The number of morpholine rings is 1. The standard InChI is InChI=1S/C21H30N4O3/c1-17-15-19(23(2)22-17)16-25(10-9-24-11-13-28-14-12-24)21(26)20(27-3)18-7-5-4-6-8-18/h4-8,15,20H,9-14,16H2,1-3H3/t20-/m1/s1. The van der Waals surface area contributed by atoms with E-state index in [9.17, 15) is 4.79 Å². The number of aromatic nitrogens is 2. The fourth-order valence-corrected chi connectivity index (χ4v) is 3.53. The van der Waals surface area contributed by atoms with Crippen LogP contribution < -0.4 is 0 Å². The molecule has 0 aliphatic carbocycles. The van der Waals surface area contributed by atoms with Crippen LogP contribution >= 0.6 is 0 Å². The van der Waals surface area contributed by atoms with Gasteiger partial charge >= 0.3 is 0 Å². The molecule has 1 saturated heterocycles. The molecule has 1 atom stereocenters. The van der Waals surface area contributed by atoms with Crippen molar-refractivity contribution in [3.63, 3.8) is 0 Å². The third-order valence-corrected chi connectivity index (χ3v) is 5.12. The third-order valence-electron chi connectivity index (χ3n) is 5.12. The fraction of sp³-hybridized carbons (Fsp3) is 0.524. The molecule has 2 aromatic rings. The highest BCUT2D eigenvalue weighted by molar-refractivity contribution is 5.82. The fourth-order valence-electron chi connectivity index (χ4n) is 3.53. The first-order chi connectivity index (χ1) is 13.6. The van der Waals surface area contributed by atoms with Gasteiger partial charge in [-0.25, -0.2) is 0 Å². The monoisotopic (exact) mass is 386 g/mol. The second-order valence-electron chi connectivity index (χ2n) is 7.14. The Morgan fingerprint density at radius 1 is 1.29 bits per heavy atom. The summed E-state index contributed by atoms with van der Waals surface area (Å²) < 4.78 is 12.9. The van der Waals surface area contributed by atoms with Gasteiger partial charge in [-0.3, -0.25) is 14.4 Å². The predicted octanol–water partition coefficient (Wildman–Crippen LogP) is 1.78. The highest BCUT2D eigenvalue weighted by atomic mass is 16.5. The van der Waals surface area contributed by atoms with Crippen molar-refractivity contribution in [2.75, 3.05) is 46.5 Å². The first kappa shape index (κ1) is 20.5. The number of hydrogen-bond acceptors (Lipinski definition) is 5. The maximum Gasteiger partial charge on any atom is 0.256 e. The number of carbonyl (C=O) groups excluding carboxylic acids is 1. The van der Waals surface area contributed by atoms with E-state index in [0.29, 0.717) is 13.1 Å². The molecular weight excluding hydrogens is 356 g/mol. The second kappa shape index (κ2) is 9.82. The number of rotatable bonds is 8. The van der Waals surface area contributed by atoms with E-state index in [1.165, 1.54) is 0 Å². The lowest BCUT2D eigenvalue weighted by atomic mass is 10.1. The average Bonchev–Trinajstić information content (AvgIpc) is 3.04. The van der Waals surface area contributed by atoms with Crippen LogP contribution in [-0.2, 0) is 27.9 Å². The SMILES string of the molecule is CO[C@@H](C(=O)N(CCN1CCOCC1)Cc1cc(C)nn1C)c1ccccc1. The molecule has 1 aliphatic rings. The zero-order chi connectivity index (χ0) is 19.9. The minimum absolute atomic E-state index is 0.0270. The van der Waals surface area contributed by atoms with Gasteiger partial charge in [0, 0.05) is 40.3 Å². The molecule has 7 heteroatoms. The van der Waals surface area contributed by atoms with Crippen LogP contribution in [-0.4, -0.2) is 72.0 Å². The summed E-state index contributed by atoms with van der Waals surface area (Å²) in [6.45, 7) is 7.23. The molecule has 152 valence electrons. The molecule has 0 radical (unpaired) electrons. The number of nitrogens with zero attached hydrogens (tertiary/aromatic N) is 4. The Morgan fingerprint density at radius 3 is 2.61 bits per heavy atom. The Morgan fingerprint density at radius 2 is 2.00 bits per heavy atom. The van der Waals surface area contributed by atoms with E-state index in [-0.39, 0.29) is 5.91 Å². The molecule has 1 aromatic carbocycles. The Kier molecular flexibility index (Phi) is 7.19. The summed E-state index contributed by atoms with van der Waals surface area (Å²) in [4.78, 5) is 17.6. The molecule has 7 nitrogen and oxygen atoms in total. The number of ether oxygens (including phenoxy) is 2. The van der Waals surface area contributed by atoms with Gasteiger partial charge in [0.05, 0.1) is 31.1 Å². The molecular formula is C21H30N4O3. The first-order valence-electron chi connectivity index (χ1n) is 9.74. The summed E-state index contributed by atoms with van der Waals surface area (Å²) in [7, 11) is 3.50. The Bertz CT molecular complexity index is 756. The van der Waals surface area contributed by atoms with Gasteiger partial charge in [-0.1, -0.05) is 30.3 Å². The van der Waals surface area contributed by atoms with Crippen LogP contribution in [0.25, 0.3) is 0 Å². The van der Waals surface area contributed by atoms with Gasteiger partial charge in [-0.05, 0) is 18.6 Å². The molecule has 28 heavy (non-hydrogen) atoms. The van der Waals surface area contributed by atoms with Crippen LogP contribution in [0.5, 0.6) is 0 Å². The van der Waals surface area contributed by atoms with Crippen molar-refractivity contribution in [2.24, 2.45) is 7.05 Å². The van der Waals surface area contributed by atoms with Gasteiger partial charge in [0.25, 0.3) is 5.91 Å². The topological polar surface area (TPSA) is 59.8 Å². The number of hydrogen-bond donors (Lipinski definition) is 0. The first-order valence-corrected chi connectivity index (χ1v) is 9.74. The van der Waals surface area contributed by atoms with Crippen molar-refractivity contribution in [1.29, 1.82) is 0 Å². The van der Waals surface area contributed by atoms with Gasteiger partial charge in [-0.2, -0.15) is 5.10 Å². The van der Waals surface area contributed by atoms with E-state index in [1.54, 1.807) is 7.11 Å². The molecule has 3 rings (SSSR count). The van der Waals surface area contributed by atoms with Gasteiger partial charge in [0.2, 0.25) is 0 Å². The highest BCUT2D eigenvalue weighted by Crippen LogP contribution is 2.21. The molecule has 1 amide bonds. The predicted molar refractivity (Wildman–Crippen MR) is 107 cm³/mol. The minimum Gasteiger partial charge on any atom is -0.379 e. The largest absolute Gasteiger partial charge is 0.379 e. The summed E-state index contributed by atoms with van der Waals surface area (Å²) in [6.07, 6.45) is -0.611. The van der Waals surface area contributed by atoms with Crippen molar-refractivity contribution in [1.82, 2.24) is 19.6 Å². The maximum absolute atomic E-state index is 13.4. The number of amides is 1. The van der Waals surface area contributed by atoms with E-state index in [2.05, 4.69) is 10.00 Å². The van der Waals surface area contributed by atoms with Crippen molar-refractivity contribution in [3.8, 4) is 0 Å². The van der Waals surface area contributed by atoms with E-state index >= 15 is 0 Å². The van der Waals surface area contributed by atoms with Crippen molar-refractivity contribution in [3.05, 3.63) is 53.3 Å². The zero-order valence-corrected chi connectivity index (χ0v) is 17.0. The highest BCUT2D eigenvalue weighted by Gasteiger charge is 2.27. The number of methoxy groups -OCH3 is 1. The molecule has 1 aromatic heterocycles. The summed E-state index contributed by atoms with van der Waals surface area (Å²) in [5, 5.41) is 4.42. The quantitative estimate of drug-likeness (QED) is 0.692. The van der Waals surface area contributed by atoms with Crippen LogP contribution in [0.15, 0.2) is 36.4 Å². The van der Waals surface area contributed by atoms with Gasteiger partial charge in [0.1, 0.15) is 0 Å². The molecule has 0 bridgehead atoms. The van der Waals surface area contributed by atoms with E-state index < -0.39 is 6.10 Å².